The molecule has 3 rings (SSSR count). The number of benzene rings is 2. The molecular formula is C24H28N4O2. The fourth-order valence-electron chi connectivity index (χ4n) is 3.52. The molecule has 6 heteroatoms. The van der Waals surface area contributed by atoms with Crippen molar-refractivity contribution < 1.29 is 9.59 Å². The molecule has 0 unspecified atom stereocenters. The van der Waals surface area contributed by atoms with Gasteiger partial charge in [-0.3, -0.25) is 14.5 Å². The largest absolute Gasteiger partial charge is 0.371 e. The first-order valence-electron chi connectivity index (χ1n) is 10.2. The Morgan fingerprint density at radius 1 is 1.17 bits per heavy atom. The van der Waals surface area contributed by atoms with E-state index < -0.39 is 0 Å². The quantitative estimate of drug-likeness (QED) is 0.634. The molecule has 1 aliphatic heterocycles. The van der Waals surface area contributed by atoms with Crippen molar-refractivity contribution in [2.45, 2.75) is 33.1 Å². The molecule has 2 aromatic rings. The van der Waals surface area contributed by atoms with Gasteiger partial charge in [-0.05, 0) is 55.2 Å². The molecule has 156 valence electrons. The first-order chi connectivity index (χ1) is 14.4. The van der Waals surface area contributed by atoms with Crippen LogP contribution >= 0.6 is 0 Å². The molecule has 2 aromatic carbocycles. The molecule has 2 amide bonds. The summed E-state index contributed by atoms with van der Waals surface area (Å²) in [5.41, 5.74) is 4.44. The number of rotatable bonds is 6. The Hall–Kier alpha value is -3.41. The third kappa shape index (κ3) is 5.56. The van der Waals surface area contributed by atoms with Crippen molar-refractivity contribution in [3.05, 3.63) is 66.0 Å². The highest BCUT2D eigenvalue weighted by molar-refractivity contribution is 5.94. The fraction of sp³-hybridized carbons (Fsp3) is 0.292. The number of nitrogens with one attached hydrogen (secondary N) is 3. The number of hydrogen-bond donors (Lipinski definition) is 3. The predicted octanol–water partition coefficient (Wildman–Crippen LogP) is 4.08. The molecule has 1 aliphatic rings. The van der Waals surface area contributed by atoms with Crippen LogP contribution in [0.2, 0.25) is 0 Å². The van der Waals surface area contributed by atoms with Gasteiger partial charge in [-0.1, -0.05) is 36.4 Å². The summed E-state index contributed by atoms with van der Waals surface area (Å²) in [7, 11) is 0. The van der Waals surface area contributed by atoms with Crippen molar-refractivity contribution in [2.24, 2.45) is 0 Å². The summed E-state index contributed by atoms with van der Waals surface area (Å²) < 4.78 is 0. The number of hydrogen-bond acceptors (Lipinski definition) is 4. The van der Waals surface area contributed by atoms with E-state index in [-0.39, 0.29) is 24.7 Å². The van der Waals surface area contributed by atoms with E-state index in [0.717, 1.165) is 35.3 Å². The van der Waals surface area contributed by atoms with Crippen molar-refractivity contribution >= 4 is 23.2 Å². The van der Waals surface area contributed by atoms with Gasteiger partial charge in [-0.15, -0.1) is 0 Å². The van der Waals surface area contributed by atoms with E-state index in [4.69, 9.17) is 5.41 Å². The highest BCUT2D eigenvalue weighted by Gasteiger charge is 2.21. The zero-order valence-corrected chi connectivity index (χ0v) is 17.5. The van der Waals surface area contributed by atoms with E-state index in [2.05, 4.69) is 22.8 Å². The van der Waals surface area contributed by atoms with Gasteiger partial charge in [0, 0.05) is 37.3 Å². The van der Waals surface area contributed by atoms with Gasteiger partial charge >= 0.3 is 0 Å². The summed E-state index contributed by atoms with van der Waals surface area (Å²) in [5, 5.41) is 13.7. The van der Waals surface area contributed by atoms with Gasteiger partial charge in [0.15, 0.2) is 0 Å². The van der Waals surface area contributed by atoms with Gasteiger partial charge in [0.05, 0.1) is 0 Å². The normalized spacial score (nSPS) is 14.9. The molecule has 0 spiro atoms. The Kier molecular flexibility index (Phi) is 7.01. The van der Waals surface area contributed by atoms with Gasteiger partial charge in [0.2, 0.25) is 11.8 Å². The number of nitrogens with zero attached hydrogens (tertiary/aromatic N) is 1. The van der Waals surface area contributed by atoms with Crippen LogP contribution < -0.4 is 10.6 Å². The molecule has 0 aromatic heterocycles. The smallest absolute Gasteiger partial charge is 0.228 e. The number of aryl methyl sites for hydroxylation is 1. The number of allylic oxidation sites excluding steroid dienone is 1. The minimum Gasteiger partial charge on any atom is -0.371 e. The highest BCUT2D eigenvalue weighted by Crippen LogP contribution is 2.25. The molecule has 6 nitrogen and oxygen atoms in total. The summed E-state index contributed by atoms with van der Waals surface area (Å²) in [6, 6.07) is 15.9. The van der Waals surface area contributed by atoms with E-state index in [1.54, 1.807) is 17.9 Å². The zero-order chi connectivity index (χ0) is 21.5. The minimum absolute atomic E-state index is 0.111. The topological polar surface area (TPSA) is 85.3 Å². The second kappa shape index (κ2) is 9.87. The fourth-order valence-corrected chi connectivity index (χ4v) is 3.52. The zero-order valence-electron chi connectivity index (χ0n) is 17.5. The van der Waals surface area contributed by atoms with Gasteiger partial charge in [-0.2, -0.15) is 0 Å². The maximum Gasteiger partial charge on any atom is 0.228 e. The minimum atomic E-state index is -0.186. The molecule has 1 saturated heterocycles. The van der Waals surface area contributed by atoms with Crippen molar-refractivity contribution in [1.82, 2.24) is 10.2 Å². The lowest BCUT2D eigenvalue weighted by Crippen LogP contribution is -2.43. The van der Waals surface area contributed by atoms with Gasteiger partial charge in [-0.25, -0.2) is 0 Å². The van der Waals surface area contributed by atoms with E-state index >= 15 is 0 Å². The first kappa shape index (κ1) is 21.3. The number of carbonyl (C=O) groups is 2. The molecule has 30 heavy (non-hydrogen) atoms. The van der Waals surface area contributed by atoms with Crippen molar-refractivity contribution in [1.29, 1.82) is 5.41 Å². The van der Waals surface area contributed by atoms with Crippen LogP contribution in [0.4, 0.5) is 5.69 Å². The van der Waals surface area contributed by atoms with Crippen LogP contribution in [0.1, 0.15) is 31.7 Å². The summed E-state index contributed by atoms with van der Waals surface area (Å²) in [5.74, 6) is 0.348. The average Bonchev–Trinajstić information content (AvgIpc) is 2.73. The molecule has 0 aliphatic carbocycles. The number of carbonyl (C=O) groups excluding carboxylic acids is 2. The van der Waals surface area contributed by atoms with Crippen LogP contribution in [0.5, 0.6) is 0 Å². The Morgan fingerprint density at radius 2 is 1.93 bits per heavy atom. The molecule has 0 saturated carbocycles. The standard InChI is InChI=1S/C24H28N4O2/c1-17-15-20(9-10-21(17)19-7-4-3-5-8-19)27-23(29)11-12-24(30)28-14-6-13-26-22(28)16-18(2)25/h3-5,7-10,15-16,25-26H,6,11-14H2,1-2H3,(H,27,29)/b22-16+,25-18?. The van der Waals surface area contributed by atoms with Gasteiger partial charge < -0.3 is 16.0 Å². The number of anilines is 1. The maximum absolute atomic E-state index is 12.6. The average molecular weight is 405 g/mol. The van der Waals surface area contributed by atoms with E-state index in [1.165, 1.54) is 0 Å². The molecule has 0 atom stereocenters. The molecule has 3 N–H and O–H groups in total. The second-order valence-electron chi connectivity index (χ2n) is 7.48. The molecule has 1 fully saturated rings. The summed E-state index contributed by atoms with van der Waals surface area (Å²) in [4.78, 5) is 26.6. The second-order valence-corrected chi connectivity index (χ2v) is 7.48. The van der Waals surface area contributed by atoms with Crippen LogP contribution in [0, 0.1) is 12.3 Å². The maximum atomic E-state index is 12.6. The van der Waals surface area contributed by atoms with E-state index in [1.807, 2.05) is 43.3 Å². The summed E-state index contributed by atoms with van der Waals surface area (Å²) in [6.07, 6.45) is 2.74. The Bertz CT molecular complexity index is 966. The Balaban J connectivity index is 1.57. The Morgan fingerprint density at radius 3 is 2.63 bits per heavy atom. The monoisotopic (exact) mass is 404 g/mol. The molecule has 0 bridgehead atoms. The number of amides is 2. The van der Waals surface area contributed by atoms with E-state index in [9.17, 15) is 9.59 Å². The van der Waals surface area contributed by atoms with Gasteiger partial charge in [0.1, 0.15) is 5.82 Å². The highest BCUT2D eigenvalue weighted by atomic mass is 16.2. The lowest BCUT2D eigenvalue weighted by molar-refractivity contribution is -0.131. The first-order valence-corrected chi connectivity index (χ1v) is 10.2. The van der Waals surface area contributed by atoms with Crippen LogP contribution in [-0.4, -0.2) is 35.5 Å². The predicted molar refractivity (Wildman–Crippen MR) is 120 cm³/mol. The molecular weight excluding hydrogens is 376 g/mol. The third-order valence-electron chi connectivity index (χ3n) is 4.97. The van der Waals surface area contributed by atoms with Crippen LogP contribution in [-0.2, 0) is 9.59 Å². The lowest BCUT2D eigenvalue weighted by atomic mass is 10.00. The summed E-state index contributed by atoms with van der Waals surface area (Å²) in [6.45, 7) is 5.07. The van der Waals surface area contributed by atoms with Crippen LogP contribution in [0.15, 0.2) is 60.4 Å². The Labute approximate surface area is 177 Å². The summed E-state index contributed by atoms with van der Waals surface area (Å²) >= 11 is 0. The third-order valence-corrected chi connectivity index (χ3v) is 4.97. The van der Waals surface area contributed by atoms with Gasteiger partial charge in [0.25, 0.3) is 0 Å². The van der Waals surface area contributed by atoms with Crippen LogP contribution in [0.25, 0.3) is 11.1 Å². The molecule has 0 radical (unpaired) electrons. The van der Waals surface area contributed by atoms with Crippen molar-refractivity contribution in [3.63, 3.8) is 0 Å². The molecule has 1 heterocycles. The lowest BCUT2D eigenvalue weighted by Gasteiger charge is -2.31. The SMILES string of the molecule is CC(=N)/C=C1\NCCCN1C(=O)CCC(=O)Nc1ccc(-c2ccccc2)c(C)c1. The van der Waals surface area contributed by atoms with E-state index in [0.29, 0.717) is 18.1 Å². The van der Waals surface area contributed by atoms with Crippen molar-refractivity contribution in [3.8, 4) is 11.1 Å². The van der Waals surface area contributed by atoms with Crippen molar-refractivity contribution in [2.75, 3.05) is 18.4 Å². The van der Waals surface area contributed by atoms with Crippen LogP contribution in [0.3, 0.4) is 0 Å².